The molecule has 0 aliphatic carbocycles. The minimum Gasteiger partial charge on any atom is -0.319 e. The molecule has 3 aromatic carbocycles. The molecule has 0 atom stereocenters. The fourth-order valence-corrected chi connectivity index (χ4v) is 1.24. The van der Waals surface area contributed by atoms with Crippen LogP contribution in [0.5, 0.6) is 0 Å². The van der Waals surface area contributed by atoms with Gasteiger partial charge >= 0.3 is 49.7 Å². The van der Waals surface area contributed by atoms with E-state index < -0.39 is 0 Å². The standard InChI is InChI=1S/2C7H7.C6H4.U.V/c2*1-7-5-3-2-4-6-7;1-2-4-6-5-3-1;;/h2*3-6H,1H3;1-2,5-6H;;/q2*-1;-2;2*+2. The first-order chi connectivity index (χ1) is 9.79. The molecular formula is C20H18UV. The molecule has 0 aliphatic heterocycles. The van der Waals surface area contributed by atoms with E-state index in [-0.39, 0.29) is 49.7 Å². The van der Waals surface area contributed by atoms with Gasteiger partial charge in [0.2, 0.25) is 0 Å². The average Bonchev–Trinajstić information content (AvgIpc) is 2.52. The van der Waals surface area contributed by atoms with Crippen molar-refractivity contribution in [2.45, 2.75) is 13.8 Å². The summed E-state index contributed by atoms with van der Waals surface area (Å²) in [6.45, 7) is 4.13. The van der Waals surface area contributed by atoms with Crippen LogP contribution in [-0.2, 0) is 18.6 Å². The Bertz CT molecular complexity index is 474. The maximum atomic E-state index is 2.93. The maximum Gasteiger partial charge on any atom is 2.00 e. The second-order valence-electron chi connectivity index (χ2n) is 4.15. The smallest absolute Gasteiger partial charge is 0.319 e. The van der Waals surface area contributed by atoms with Gasteiger partial charge in [-0.1, -0.05) is 13.8 Å². The summed E-state index contributed by atoms with van der Waals surface area (Å²) in [6, 6.07) is 34.6. The zero-order valence-electron chi connectivity index (χ0n) is 12.9. The Kier molecular flexibility index (Phi) is 17.8. The van der Waals surface area contributed by atoms with Crippen LogP contribution in [0.25, 0.3) is 0 Å². The summed E-state index contributed by atoms with van der Waals surface area (Å²) < 4.78 is 0. The predicted octanol–water partition coefficient (Wildman–Crippen LogP) is 4.87. The molecule has 0 heterocycles. The normalized spacial score (nSPS) is 7.73. The average molecular weight is 547 g/mol. The van der Waals surface area contributed by atoms with Crippen molar-refractivity contribution in [1.82, 2.24) is 0 Å². The topological polar surface area (TPSA) is 0 Å². The molecule has 2 heteroatoms. The van der Waals surface area contributed by atoms with Gasteiger partial charge in [-0.05, 0) is 0 Å². The van der Waals surface area contributed by atoms with E-state index in [1.54, 1.807) is 0 Å². The minimum absolute atomic E-state index is 0. The van der Waals surface area contributed by atoms with Gasteiger partial charge in [0.15, 0.2) is 0 Å². The first-order valence-electron chi connectivity index (χ1n) is 6.46. The fourth-order valence-electron chi connectivity index (χ4n) is 1.24. The van der Waals surface area contributed by atoms with Gasteiger partial charge in [-0.25, -0.2) is 0 Å². The molecule has 0 aromatic heterocycles. The predicted molar refractivity (Wildman–Crippen MR) is 84.1 cm³/mol. The van der Waals surface area contributed by atoms with E-state index in [1.807, 2.05) is 72.8 Å². The minimum atomic E-state index is 0. The van der Waals surface area contributed by atoms with Gasteiger partial charge in [-0.15, -0.1) is 0 Å². The number of aryl methyl sites for hydroxylation is 2. The molecular weight excluding hydrogens is 529 g/mol. The number of hydrogen-bond acceptors (Lipinski definition) is 0. The molecule has 3 aromatic rings. The molecule has 0 saturated heterocycles. The molecule has 0 saturated carbocycles. The van der Waals surface area contributed by atoms with Gasteiger partial charge in [-0.3, -0.25) is 24.3 Å². The summed E-state index contributed by atoms with van der Waals surface area (Å²) in [5.74, 6) is 0. The summed E-state index contributed by atoms with van der Waals surface area (Å²) in [4.78, 5) is 0. The van der Waals surface area contributed by atoms with E-state index in [0.29, 0.717) is 0 Å². The van der Waals surface area contributed by atoms with Crippen LogP contribution in [0.1, 0.15) is 11.1 Å². The molecule has 0 bridgehead atoms. The Morgan fingerprint density at radius 3 is 0.864 bits per heavy atom. The van der Waals surface area contributed by atoms with Crippen molar-refractivity contribution in [3.05, 3.63) is 108 Å². The molecule has 0 nitrogen and oxygen atoms in total. The van der Waals surface area contributed by atoms with Crippen LogP contribution in [-0.4, -0.2) is 0 Å². The summed E-state index contributed by atoms with van der Waals surface area (Å²) in [6.07, 6.45) is 0. The van der Waals surface area contributed by atoms with Crippen LogP contribution in [0.3, 0.4) is 0 Å². The van der Waals surface area contributed by atoms with Crippen molar-refractivity contribution >= 4 is 0 Å². The van der Waals surface area contributed by atoms with Crippen LogP contribution in [0.15, 0.2) is 72.8 Å². The van der Waals surface area contributed by atoms with Crippen LogP contribution in [0, 0.1) is 69.2 Å². The van der Waals surface area contributed by atoms with E-state index in [1.165, 1.54) is 11.1 Å². The van der Waals surface area contributed by atoms with Crippen molar-refractivity contribution < 1.29 is 49.7 Å². The van der Waals surface area contributed by atoms with Gasteiger partial charge in [0, 0.05) is 0 Å². The first kappa shape index (κ1) is 23.6. The molecule has 0 aliphatic rings. The van der Waals surface area contributed by atoms with Crippen molar-refractivity contribution in [2.75, 3.05) is 0 Å². The van der Waals surface area contributed by atoms with E-state index in [0.717, 1.165) is 0 Å². The Morgan fingerprint density at radius 2 is 0.727 bits per heavy atom. The SMILES string of the molecule is Cc1cc[c-]cc1.Cc1cc[c-]cc1.[U+2].[V+2].[c-]1cc[c-]cc1. The van der Waals surface area contributed by atoms with Gasteiger partial charge in [0.05, 0.1) is 0 Å². The summed E-state index contributed by atoms with van der Waals surface area (Å²) in [5, 5.41) is 0. The second kappa shape index (κ2) is 16.7. The fraction of sp³-hybridized carbons (Fsp3) is 0.100. The number of rotatable bonds is 0. The molecule has 1 radical (unpaired) electrons. The monoisotopic (exact) mass is 547 g/mol. The number of benzene rings is 3. The van der Waals surface area contributed by atoms with Crippen LogP contribution < -0.4 is 0 Å². The molecule has 0 N–H and O–H groups in total. The van der Waals surface area contributed by atoms with E-state index >= 15 is 0 Å². The van der Waals surface area contributed by atoms with Crippen molar-refractivity contribution in [3.8, 4) is 0 Å². The third-order valence-electron chi connectivity index (χ3n) is 2.32. The number of hydrogen-bond donors (Lipinski definition) is 0. The van der Waals surface area contributed by atoms with Crippen LogP contribution in [0.2, 0.25) is 0 Å². The third kappa shape index (κ3) is 14.2. The Labute approximate surface area is 170 Å². The van der Waals surface area contributed by atoms with Crippen LogP contribution >= 0.6 is 0 Å². The van der Waals surface area contributed by atoms with Crippen molar-refractivity contribution in [2.24, 2.45) is 0 Å². The zero-order chi connectivity index (χ0) is 14.5. The van der Waals surface area contributed by atoms with Gasteiger partial charge < -0.3 is 12.1 Å². The molecule has 3 rings (SSSR count). The van der Waals surface area contributed by atoms with Gasteiger partial charge in [0.25, 0.3) is 0 Å². The quantitative estimate of drug-likeness (QED) is 0.353. The first-order valence-corrected chi connectivity index (χ1v) is 6.46. The van der Waals surface area contributed by atoms with Gasteiger partial charge in [0.1, 0.15) is 0 Å². The molecule has 22 heavy (non-hydrogen) atoms. The summed E-state index contributed by atoms with van der Waals surface area (Å²) in [5.41, 5.74) is 2.58. The Hall–Kier alpha value is -0.704. The van der Waals surface area contributed by atoms with Crippen molar-refractivity contribution in [3.63, 3.8) is 0 Å². The maximum absolute atomic E-state index is 2.93. The molecule has 0 unspecified atom stereocenters. The van der Waals surface area contributed by atoms with Gasteiger partial charge in [-0.2, -0.15) is 71.8 Å². The zero-order valence-corrected chi connectivity index (χ0v) is 18.4. The van der Waals surface area contributed by atoms with E-state index in [9.17, 15) is 0 Å². The summed E-state index contributed by atoms with van der Waals surface area (Å²) >= 11 is 0. The largest absolute Gasteiger partial charge is 2.00 e. The van der Waals surface area contributed by atoms with Crippen molar-refractivity contribution in [1.29, 1.82) is 0 Å². The second-order valence-corrected chi connectivity index (χ2v) is 4.15. The Balaban J connectivity index is 0. The summed E-state index contributed by atoms with van der Waals surface area (Å²) in [7, 11) is 0. The Morgan fingerprint density at radius 1 is 0.500 bits per heavy atom. The van der Waals surface area contributed by atoms with Crippen LogP contribution in [0.4, 0.5) is 0 Å². The molecule has 107 valence electrons. The molecule has 0 fully saturated rings. The third-order valence-corrected chi connectivity index (χ3v) is 2.32. The molecule has 0 amide bonds. The molecule has 0 spiro atoms. The van der Waals surface area contributed by atoms with E-state index in [4.69, 9.17) is 0 Å². The van der Waals surface area contributed by atoms with E-state index in [2.05, 4.69) is 38.1 Å².